The molecule has 0 saturated carbocycles. The van der Waals surface area contributed by atoms with Gasteiger partial charge in [-0.1, -0.05) is 91.0 Å². The maximum absolute atomic E-state index is 4.37. The highest BCUT2D eigenvalue weighted by atomic mass is 32.2. The molecule has 132 valence electrons. The fourth-order valence-electron chi connectivity index (χ4n) is 3.23. The Labute approximate surface area is 168 Å². The van der Waals surface area contributed by atoms with Crippen molar-refractivity contribution in [1.82, 2.24) is 4.98 Å². The van der Waals surface area contributed by atoms with Crippen LogP contribution in [0.2, 0.25) is 0 Å². The minimum Gasteiger partial charge on any atom is -0.245 e. The van der Waals surface area contributed by atoms with Crippen LogP contribution in [0.1, 0.15) is 22.4 Å². The molecular weight excluding hydrogens is 366 g/mol. The highest BCUT2D eigenvalue weighted by Gasteiger charge is 2.36. The van der Waals surface area contributed by atoms with Crippen molar-refractivity contribution in [3.63, 3.8) is 0 Å². The molecule has 0 aliphatic rings. The zero-order valence-electron chi connectivity index (χ0n) is 14.7. The van der Waals surface area contributed by atoms with Crippen LogP contribution in [0.3, 0.4) is 0 Å². The van der Waals surface area contributed by atoms with E-state index in [2.05, 4.69) is 113 Å². The van der Waals surface area contributed by atoms with E-state index in [0.29, 0.717) is 0 Å². The highest BCUT2D eigenvalue weighted by Crippen LogP contribution is 2.49. The molecule has 0 spiro atoms. The summed E-state index contributed by atoms with van der Waals surface area (Å²) in [4.78, 5) is 4.37. The quantitative estimate of drug-likeness (QED) is 0.337. The van der Waals surface area contributed by atoms with Crippen LogP contribution in [-0.2, 0) is 4.75 Å². The lowest BCUT2D eigenvalue weighted by Crippen LogP contribution is -2.24. The number of thiazole rings is 1. The van der Waals surface area contributed by atoms with E-state index < -0.39 is 0 Å². The molecular formula is C24H19NS2. The number of nitrogens with zero attached hydrogens (tertiary/aromatic N) is 1. The topological polar surface area (TPSA) is 12.9 Å². The number of hydrogen-bond acceptors (Lipinski definition) is 3. The largest absolute Gasteiger partial charge is 0.245 e. The van der Waals surface area contributed by atoms with E-state index in [1.54, 1.807) is 11.3 Å². The lowest BCUT2D eigenvalue weighted by atomic mass is 9.84. The van der Waals surface area contributed by atoms with Gasteiger partial charge in [-0.15, -0.1) is 23.1 Å². The second kappa shape index (κ2) is 8.38. The summed E-state index contributed by atoms with van der Waals surface area (Å²) in [6.45, 7) is 0. The first-order valence-corrected chi connectivity index (χ1v) is 10.6. The maximum Gasteiger partial charge on any atom is 0.0948 e. The SMILES string of the molecule is C(=C/c1cscn1)/SC(c1ccccc1)(c1ccccc1)c1ccccc1. The van der Waals surface area contributed by atoms with Crippen molar-refractivity contribution in [2.75, 3.05) is 0 Å². The highest BCUT2D eigenvalue weighted by molar-refractivity contribution is 8.03. The molecule has 1 heterocycles. The van der Waals surface area contributed by atoms with E-state index >= 15 is 0 Å². The predicted octanol–water partition coefficient (Wildman–Crippen LogP) is 6.84. The first kappa shape index (κ1) is 17.8. The molecule has 0 unspecified atom stereocenters. The van der Waals surface area contributed by atoms with Gasteiger partial charge in [-0.3, -0.25) is 0 Å². The van der Waals surface area contributed by atoms with Crippen molar-refractivity contribution in [2.45, 2.75) is 4.75 Å². The van der Waals surface area contributed by atoms with Gasteiger partial charge in [0.05, 0.1) is 16.0 Å². The van der Waals surface area contributed by atoms with E-state index in [0.717, 1.165) is 5.69 Å². The minimum absolute atomic E-state index is 0.323. The van der Waals surface area contributed by atoms with Gasteiger partial charge in [0.25, 0.3) is 0 Å². The van der Waals surface area contributed by atoms with Gasteiger partial charge in [-0.25, -0.2) is 4.98 Å². The Bertz CT molecular complexity index is 882. The molecule has 0 saturated heterocycles. The second-order valence-corrected chi connectivity index (χ2v) is 7.95. The van der Waals surface area contributed by atoms with Crippen LogP contribution in [0, 0.1) is 0 Å². The van der Waals surface area contributed by atoms with Crippen LogP contribution < -0.4 is 0 Å². The number of aromatic nitrogens is 1. The Morgan fingerprint density at radius 3 is 1.59 bits per heavy atom. The first-order chi connectivity index (χ1) is 13.4. The van der Waals surface area contributed by atoms with Crippen molar-refractivity contribution in [1.29, 1.82) is 0 Å². The molecule has 0 aliphatic carbocycles. The third kappa shape index (κ3) is 3.75. The van der Waals surface area contributed by atoms with Gasteiger partial charge in [0, 0.05) is 5.38 Å². The van der Waals surface area contributed by atoms with Crippen LogP contribution in [0.4, 0.5) is 0 Å². The monoisotopic (exact) mass is 385 g/mol. The molecule has 0 bridgehead atoms. The van der Waals surface area contributed by atoms with E-state index in [1.165, 1.54) is 16.7 Å². The second-order valence-electron chi connectivity index (χ2n) is 6.11. The standard InChI is InChI=1S/C24H19NS2/c1-4-10-20(11-5-1)24(21-12-6-2-7-13-21,22-14-8-3-9-15-22)27-17-16-23-18-26-19-25-23/h1-19H/b17-16-. The van der Waals surface area contributed by atoms with Gasteiger partial charge >= 0.3 is 0 Å². The van der Waals surface area contributed by atoms with Gasteiger partial charge in [0.1, 0.15) is 0 Å². The molecule has 0 N–H and O–H groups in total. The number of rotatable bonds is 6. The molecule has 1 nitrogen and oxygen atoms in total. The summed E-state index contributed by atoms with van der Waals surface area (Å²) in [5.74, 6) is 0. The molecule has 0 amide bonds. The molecule has 1 aromatic heterocycles. The molecule has 0 radical (unpaired) electrons. The van der Waals surface area contributed by atoms with E-state index in [1.807, 2.05) is 17.3 Å². The smallest absolute Gasteiger partial charge is 0.0948 e. The summed E-state index contributed by atoms with van der Waals surface area (Å²) < 4.78 is -0.323. The fraction of sp³-hybridized carbons (Fsp3) is 0.0417. The van der Waals surface area contributed by atoms with Crippen molar-refractivity contribution in [3.8, 4) is 0 Å². The molecule has 3 heteroatoms. The van der Waals surface area contributed by atoms with E-state index in [4.69, 9.17) is 0 Å². The summed E-state index contributed by atoms with van der Waals surface area (Å²) in [6, 6.07) is 32.2. The number of benzene rings is 3. The average Bonchev–Trinajstić information content (AvgIpc) is 3.27. The number of hydrogen-bond donors (Lipinski definition) is 0. The third-order valence-corrected chi connectivity index (χ3v) is 6.41. The van der Waals surface area contributed by atoms with Crippen LogP contribution in [0.5, 0.6) is 0 Å². The van der Waals surface area contributed by atoms with Gasteiger partial charge in [0.2, 0.25) is 0 Å². The third-order valence-electron chi connectivity index (χ3n) is 4.48. The number of thioether (sulfide) groups is 1. The molecule has 0 atom stereocenters. The zero-order chi connectivity index (χ0) is 18.4. The molecule has 27 heavy (non-hydrogen) atoms. The van der Waals surface area contributed by atoms with Crippen molar-refractivity contribution < 1.29 is 0 Å². The lowest BCUT2D eigenvalue weighted by molar-refractivity contribution is 0.900. The molecule has 3 aromatic carbocycles. The van der Waals surface area contributed by atoms with Crippen molar-refractivity contribution in [3.05, 3.63) is 130 Å². The summed E-state index contributed by atoms with van der Waals surface area (Å²) in [5.41, 5.74) is 6.64. The van der Waals surface area contributed by atoms with E-state index in [-0.39, 0.29) is 4.75 Å². The lowest BCUT2D eigenvalue weighted by Gasteiger charge is -2.34. The van der Waals surface area contributed by atoms with Crippen LogP contribution in [-0.4, -0.2) is 4.98 Å². The van der Waals surface area contributed by atoms with E-state index in [9.17, 15) is 0 Å². The Morgan fingerprint density at radius 1 is 0.704 bits per heavy atom. The maximum atomic E-state index is 4.37. The van der Waals surface area contributed by atoms with Gasteiger partial charge in [-0.05, 0) is 28.2 Å². The summed E-state index contributed by atoms with van der Waals surface area (Å²) in [7, 11) is 0. The Hall–Kier alpha value is -2.62. The zero-order valence-corrected chi connectivity index (χ0v) is 16.4. The molecule has 4 aromatic rings. The van der Waals surface area contributed by atoms with Crippen molar-refractivity contribution >= 4 is 29.2 Å². The molecule has 0 fully saturated rings. The molecule has 0 aliphatic heterocycles. The Balaban J connectivity index is 1.89. The van der Waals surface area contributed by atoms with Crippen LogP contribution >= 0.6 is 23.1 Å². The van der Waals surface area contributed by atoms with Crippen LogP contribution in [0.25, 0.3) is 6.08 Å². The summed E-state index contributed by atoms with van der Waals surface area (Å²) in [5, 5.41) is 4.23. The normalized spacial score (nSPS) is 11.7. The molecule has 4 rings (SSSR count). The predicted molar refractivity (Wildman–Crippen MR) is 118 cm³/mol. The summed E-state index contributed by atoms with van der Waals surface area (Å²) in [6.07, 6.45) is 2.09. The summed E-state index contributed by atoms with van der Waals surface area (Å²) >= 11 is 3.43. The minimum atomic E-state index is -0.323. The Kier molecular flexibility index (Phi) is 5.52. The van der Waals surface area contributed by atoms with Crippen molar-refractivity contribution in [2.24, 2.45) is 0 Å². The van der Waals surface area contributed by atoms with Gasteiger partial charge in [-0.2, -0.15) is 0 Å². The van der Waals surface area contributed by atoms with Gasteiger partial charge in [0.15, 0.2) is 0 Å². The Morgan fingerprint density at radius 2 is 1.19 bits per heavy atom. The fourth-order valence-corrected chi connectivity index (χ4v) is 4.98. The average molecular weight is 386 g/mol. The van der Waals surface area contributed by atoms with Gasteiger partial charge < -0.3 is 0 Å². The first-order valence-electron chi connectivity index (χ1n) is 8.79. The van der Waals surface area contributed by atoms with Crippen LogP contribution in [0.15, 0.2) is 107 Å².